The molecule has 0 aliphatic rings. The molecule has 0 spiro atoms. The summed E-state index contributed by atoms with van der Waals surface area (Å²) in [5.74, 6) is 0.426. The fraction of sp³-hybridized carbons (Fsp3) is 0.0769. The maximum absolute atomic E-state index is 8.75. The minimum atomic E-state index is 0.426. The standard InChI is InChI=1S/C13H12N4O/c14-13-11-12(17(8-15-11)6-3-7-18)9-4-1-2-5-10(9)16-13/h1-5,7-8,18H,6H2,(H2,14,16). The fourth-order valence-corrected chi connectivity index (χ4v) is 2.11. The van der Waals surface area contributed by atoms with Gasteiger partial charge in [-0.15, -0.1) is 0 Å². The molecule has 18 heavy (non-hydrogen) atoms. The molecule has 3 N–H and O–H groups in total. The fourth-order valence-electron chi connectivity index (χ4n) is 2.11. The molecule has 2 heterocycles. The van der Waals surface area contributed by atoms with Crippen LogP contribution < -0.4 is 5.73 Å². The average molecular weight is 240 g/mol. The summed E-state index contributed by atoms with van der Waals surface area (Å²) in [7, 11) is 0. The zero-order chi connectivity index (χ0) is 12.5. The van der Waals surface area contributed by atoms with Crippen molar-refractivity contribution < 1.29 is 5.11 Å². The van der Waals surface area contributed by atoms with E-state index in [2.05, 4.69) is 9.97 Å². The second-order valence-electron chi connectivity index (χ2n) is 3.99. The van der Waals surface area contributed by atoms with Crippen LogP contribution in [0.15, 0.2) is 42.9 Å². The number of benzene rings is 1. The van der Waals surface area contributed by atoms with Gasteiger partial charge >= 0.3 is 0 Å². The Morgan fingerprint density at radius 3 is 3.00 bits per heavy atom. The van der Waals surface area contributed by atoms with Crippen LogP contribution in [-0.2, 0) is 6.54 Å². The van der Waals surface area contributed by atoms with E-state index in [1.807, 2.05) is 28.8 Å². The number of nitrogen functional groups attached to an aromatic ring is 1. The van der Waals surface area contributed by atoms with Crippen LogP contribution in [-0.4, -0.2) is 19.6 Å². The van der Waals surface area contributed by atoms with Crippen LogP contribution in [0, 0.1) is 0 Å². The first kappa shape index (κ1) is 10.6. The van der Waals surface area contributed by atoms with Crippen LogP contribution >= 0.6 is 0 Å². The Morgan fingerprint density at radius 2 is 2.17 bits per heavy atom. The Kier molecular flexibility index (Phi) is 2.37. The van der Waals surface area contributed by atoms with Gasteiger partial charge in [0.1, 0.15) is 5.52 Å². The highest BCUT2D eigenvalue weighted by atomic mass is 16.2. The van der Waals surface area contributed by atoms with Gasteiger partial charge in [-0.1, -0.05) is 18.2 Å². The van der Waals surface area contributed by atoms with E-state index in [-0.39, 0.29) is 0 Å². The van der Waals surface area contributed by atoms with Crippen molar-refractivity contribution >= 4 is 27.8 Å². The number of hydrogen-bond acceptors (Lipinski definition) is 4. The van der Waals surface area contributed by atoms with Crippen LogP contribution in [0.25, 0.3) is 21.9 Å². The molecule has 0 saturated carbocycles. The Morgan fingerprint density at radius 1 is 1.33 bits per heavy atom. The van der Waals surface area contributed by atoms with E-state index in [1.165, 1.54) is 0 Å². The highest BCUT2D eigenvalue weighted by molar-refractivity contribution is 6.06. The molecule has 0 amide bonds. The molecule has 5 nitrogen and oxygen atoms in total. The van der Waals surface area contributed by atoms with Crippen LogP contribution in [0.4, 0.5) is 5.82 Å². The molecule has 3 rings (SSSR count). The lowest BCUT2D eigenvalue weighted by molar-refractivity contribution is 0.469. The zero-order valence-corrected chi connectivity index (χ0v) is 9.61. The minimum Gasteiger partial charge on any atom is -0.516 e. The smallest absolute Gasteiger partial charge is 0.152 e. The summed E-state index contributed by atoms with van der Waals surface area (Å²) >= 11 is 0. The van der Waals surface area contributed by atoms with Gasteiger partial charge in [-0.2, -0.15) is 0 Å². The lowest BCUT2D eigenvalue weighted by Gasteiger charge is -2.05. The number of aliphatic hydroxyl groups excluding tert-OH is 1. The molecular formula is C13H12N4O. The number of anilines is 1. The van der Waals surface area contributed by atoms with E-state index in [0.717, 1.165) is 22.7 Å². The van der Waals surface area contributed by atoms with Crippen LogP contribution in [0.3, 0.4) is 0 Å². The number of imidazole rings is 1. The highest BCUT2D eigenvalue weighted by Crippen LogP contribution is 2.26. The minimum absolute atomic E-state index is 0.426. The summed E-state index contributed by atoms with van der Waals surface area (Å²) in [4.78, 5) is 8.61. The molecule has 5 heteroatoms. The van der Waals surface area contributed by atoms with Crippen molar-refractivity contribution in [3.05, 3.63) is 42.9 Å². The van der Waals surface area contributed by atoms with E-state index >= 15 is 0 Å². The van der Waals surface area contributed by atoms with Crippen molar-refractivity contribution in [1.29, 1.82) is 0 Å². The Hall–Kier alpha value is -2.56. The van der Waals surface area contributed by atoms with Crippen molar-refractivity contribution in [3.8, 4) is 0 Å². The number of aromatic nitrogens is 3. The van der Waals surface area contributed by atoms with E-state index < -0.39 is 0 Å². The third-order valence-electron chi connectivity index (χ3n) is 2.89. The zero-order valence-electron chi connectivity index (χ0n) is 9.61. The van der Waals surface area contributed by atoms with Gasteiger partial charge in [-0.05, 0) is 12.1 Å². The lowest BCUT2D eigenvalue weighted by Crippen LogP contribution is -1.97. The third kappa shape index (κ3) is 1.48. The molecule has 0 aliphatic carbocycles. The van der Waals surface area contributed by atoms with Gasteiger partial charge < -0.3 is 15.4 Å². The number of nitrogens with two attached hydrogens (primary N) is 1. The van der Waals surface area contributed by atoms with E-state index in [1.54, 1.807) is 12.4 Å². The molecule has 90 valence electrons. The number of aliphatic hydroxyl groups is 1. The number of allylic oxidation sites excluding steroid dienone is 1. The Labute approximate surface area is 103 Å². The number of nitrogens with zero attached hydrogens (tertiary/aromatic N) is 3. The van der Waals surface area contributed by atoms with Gasteiger partial charge in [0.2, 0.25) is 0 Å². The van der Waals surface area contributed by atoms with Gasteiger partial charge in [0.25, 0.3) is 0 Å². The number of para-hydroxylation sites is 1. The van der Waals surface area contributed by atoms with Crippen LogP contribution in [0.2, 0.25) is 0 Å². The third-order valence-corrected chi connectivity index (χ3v) is 2.89. The van der Waals surface area contributed by atoms with E-state index in [0.29, 0.717) is 17.9 Å². The Balaban J connectivity index is 2.39. The lowest BCUT2D eigenvalue weighted by atomic mass is 10.2. The summed E-state index contributed by atoms with van der Waals surface area (Å²) in [6.45, 7) is 0.542. The molecule has 0 saturated heterocycles. The van der Waals surface area contributed by atoms with E-state index in [4.69, 9.17) is 10.8 Å². The van der Waals surface area contributed by atoms with Crippen molar-refractivity contribution in [2.75, 3.05) is 5.73 Å². The summed E-state index contributed by atoms with van der Waals surface area (Å²) < 4.78 is 1.93. The molecular weight excluding hydrogens is 228 g/mol. The van der Waals surface area contributed by atoms with Crippen molar-refractivity contribution in [3.63, 3.8) is 0 Å². The van der Waals surface area contributed by atoms with Crippen molar-refractivity contribution in [1.82, 2.24) is 14.5 Å². The van der Waals surface area contributed by atoms with Crippen LogP contribution in [0.5, 0.6) is 0 Å². The quantitative estimate of drug-likeness (QED) is 0.673. The second-order valence-corrected chi connectivity index (χ2v) is 3.99. The summed E-state index contributed by atoms with van der Waals surface area (Å²) in [5, 5.41) is 9.76. The SMILES string of the molecule is Nc1nc2ccccc2c2c1ncn2CC=CO. The molecule has 3 aromatic rings. The molecule has 0 aliphatic heterocycles. The van der Waals surface area contributed by atoms with E-state index in [9.17, 15) is 0 Å². The van der Waals surface area contributed by atoms with Crippen molar-refractivity contribution in [2.45, 2.75) is 6.54 Å². The van der Waals surface area contributed by atoms with Crippen LogP contribution in [0.1, 0.15) is 0 Å². The average Bonchev–Trinajstić information content (AvgIpc) is 2.81. The first-order valence-corrected chi connectivity index (χ1v) is 5.59. The maximum atomic E-state index is 8.75. The number of pyridine rings is 1. The first-order valence-electron chi connectivity index (χ1n) is 5.59. The van der Waals surface area contributed by atoms with Gasteiger partial charge in [-0.25, -0.2) is 9.97 Å². The molecule has 0 atom stereocenters. The largest absolute Gasteiger partial charge is 0.516 e. The predicted molar refractivity (Wildman–Crippen MR) is 71.2 cm³/mol. The van der Waals surface area contributed by atoms with Gasteiger partial charge in [0, 0.05) is 11.9 Å². The molecule has 0 radical (unpaired) electrons. The maximum Gasteiger partial charge on any atom is 0.152 e. The monoisotopic (exact) mass is 240 g/mol. The first-order chi connectivity index (χ1) is 8.81. The van der Waals surface area contributed by atoms with Gasteiger partial charge in [0.15, 0.2) is 5.82 Å². The Bertz CT molecular complexity index is 745. The number of hydrogen-bond donors (Lipinski definition) is 2. The number of rotatable bonds is 2. The summed E-state index contributed by atoms with van der Waals surface area (Å²) in [6, 6.07) is 7.79. The summed E-state index contributed by atoms with van der Waals surface area (Å²) in [5.41, 5.74) is 8.39. The molecule has 1 aromatic carbocycles. The van der Waals surface area contributed by atoms with Crippen molar-refractivity contribution in [2.24, 2.45) is 0 Å². The normalized spacial score (nSPS) is 11.8. The molecule has 0 unspecified atom stereocenters. The number of fused-ring (bicyclic) bond motifs is 3. The predicted octanol–water partition coefficient (Wildman–Crippen LogP) is 2.24. The summed E-state index contributed by atoms with van der Waals surface area (Å²) in [6.07, 6.45) is 4.38. The topological polar surface area (TPSA) is 77.0 Å². The van der Waals surface area contributed by atoms with Gasteiger partial charge in [0.05, 0.1) is 23.6 Å². The molecule has 0 fully saturated rings. The highest BCUT2D eigenvalue weighted by Gasteiger charge is 2.10. The van der Waals surface area contributed by atoms with Gasteiger partial charge in [-0.3, -0.25) is 0 Å². The second kappa shape index (κ2) is 4.03. The molecule has 0 bridgehead atoms. The molecule has 2 aromatic heterocycles.